The van der Waals surface area contributed by atoms with Crippen molar-refractivity contribution in [1.29, 1.82) is 0 Å². The highest BCUT2D eigenvalue weighted by Crippen LogP contribution is 2.48. The zero-order valence-corrected chi connectivity index (χ0v) is 13.7. The number of ether oxygens (including phenoxy) is 2. The molecule has 0 aliphatic heterocycles. The number of nitrogens with zero attached hydrogens (tertiary/aromatic N) is 3. The minimum atomic E-state index is -0.202. The van der Waals surface area contributed by atoms with Crippen LogP contribution in [0.25, 0.3) is 0 Å². The lowest BCUT2D eigenvalue weighted by Crippen LogP contribution is -2.11. The maximum Gasteiger partial charge on any atom is 0.314 e. The molecule has 4 rings (SSSR count). The Balaban J connectivity index is 1.34. The minimum absolute atomic E-state index is 0.0892. The molecule has 2 unspecified atom stereocenters. The van der Waals surface area contributed by atoms with Crippen molar-refractivity contribution in [2.75, 3.05) is 0 Å². The first kappa shape index (κ1) is 15.4. The molecule has 0 radical (unpaired) electrons. The van der Waals surface area contributed by atoms with E-state index in [2.05, 4.69) is 10.1 Å². The van der Waals surface area contributed by atoms with Gasteiger partial charge in [-0.05, 0) is 42.3 Å². The normalized spacial score (nSPS) is 18.6. The van der Waals surface area contributed by atoms with E-state index >= 15 is 0 Å². The molecule has 1 aromatic carbocycles. The fraction of sp³-hybridized carbons (Fsp3) is 0.211. The van der Waals surface area contributed by atoms with Gasteiger partial charge in [0.2, 0.25) is 5.88 Å². The molecule has 0 saturated heterocycles. The second-order valence-corrected chi connectivity index (χ2v) is 6.06. The smallest absolute Gasteiger partial charge is 0.314 e. The predicted molar refractivity (Wildman–Crippen MR) is 90.4 cm³/mol. The molecule has 6 nitrogen and oxygen atoms in total. The first-order valence-corrected chi connectivity index (χ1v) is 8.08. The van der Waals surface area contributed by atoms with E-state index in [-0.39, 0.29) is 17.8 Å². The van der Waals surface area contributed by atoms with E-state index in [0.29, 0.717) is 17.4 Å². The minimum Gasteiger partial charge on any atom is -0.439 e. The van der Waals surface area contributed by atoms with Crippen LogP contribution < -0.4 is 9.47 Å². The molecule has 0 bridgehead atoms. The molecule has 0 spiro atoms. The molecule has 3 aromatic rings. The molecule has 1 fully saturated rings. The lowest BCUT2D eigenvalue weighted by atomic mass is 10.2. The van der Waals surface area contributed by atoms with Crippen LogP contribution in [0.3, 0.4) is 0 Å². The topological polar surface area (TPSA) is 66.2 Å². The van der Waals surface area contributed by atoms with Crippen LogP contribution >= 0.6 is 0 Å². The second-order valence-electron chi connectivity index (χ2n) is 6.06. The molecular weight excluding hydrogens is 318 g/mol. The Labute approximate surface area is 145 Å². The summed E-state index contributed by atoms with van der Waals surface area (Å²) in [6, 6.07) is 12.4. The quantitative estimate of drug-likeness (QED) is 0.528. The van der Waals surface area contributed by atoms with E-state index in [4.69, 9.17) is 9.47 Å². The van der Waals surface area contributed by atoms with Gasteiger partial charge >= 0.3 is 5.97 Å². The van der Waals surface area contributed by atoms with Gasteiger partial charge in [0.25, 0.3) is 0 Å². The van der Waals surface area contributed by atoms with Gasteiger partial charge in [0.15, 0.2) is 0 Å². The van der Waals surface area contributed by atoms with Gasteiger partial charge in [0.1, 0.15) is 11.5 Å². The van der Waals surface area contributed by atoms with E-state index in [1.165, 1.54) is 0 Å². The third kappa shape index (κ3) is 3.52. The third-order valence-electron chi connectivity index (χ3n) is 4.15. The Morgan fingerprint density at radius 1 is 1.16 bits per heavy atom. The molecule has 2 aromatic heterocycles. The summed E-state index contributed by atoms with van der Waals surface area (Å²) in [5.41, 5.74) is 1.09. The average molecular weight is 335 g/mol. The summed E-state index contributed by atoms with van der Waals surface area (Å²) in [5, 5.41) is 4.15. The van der Waals surface area contributed by atoms with Crippen LogP contribution in [0.15, 0.2) is 61.1 Å². The van der Waals surface area contributed by atoms with Crippen molar-refractivity contribution in [3.05, 3.63) is 66.6 Å². The third-order valence-corrected chi connectivity index (χ3v) is 4.15. The highest BCUT2D eigenvalue weighted by atomic mass is 16.5. The Bertz CT molecular complexity index is 874. The Kier molecular flexibility index (Phi) is 3.93. The molecule has 1 saturated carbocycles. The van der Waals surface area contributed by atoms with Crippen molar-refractivity contribution in [3.63, 3.8) is 0 Å². The number of hydrogen-bond donors (Lipinski definition) is 0. The zero-order chi connectivity index (χ0) is 17.2. The van der Waals surface area contributed by atoms with E-state index in [1.54, 1.807) is 41.2 Å². The lowest BCUT2D eigenvalue weighted by molar-refractivity contribution is -0.135. The van der Waals surface area contributed by atoms with Crippen LogP contribution in [-0.4, -0.2) is 20.7 Å². The predicted octanol–water partition coefficient (Wildman–Crippen LogP) is 3.32. The van der Waals surface area contributed by atoms with Gasteiger partial charge in [-0.2, -0.15) is 5.10 Å². The summed E-state index contributed by atoms with van der Waals surface area (Å²) >= 11 is 0. The summed E-state index contributed by atoms with van der Waals surface area (Å²) in [6.45, 7) is 0. The van der Waals surface area contributed by atoms with E-state index in [9.17, 15) is 4.79 Å². The lowest BCUT2D eigenvalue weighted by Gasteiger charge is -2.06. The number of aromatic nitrogens is 3. The van der Waals surface area contributed by atoms with E-state index < -0.39 is 0 Å². The van der Waals surface area contributed by atoms with Gasteiger partial charge in [0, 0.05) is 31.4 Å². The number of esters is 1. The molecule has 2 heterocycles. The average Bonchev–Trinajstić information content (AvgIpc) is 3.32. The zero-order valence-electron chi connectivity index (χ0n) is 13.7. The van der Waals surface area contributed by atoms with Crippen molar-refractivity contribution in [2.24, 2.45) is 13.0 Å². The van der Waals surface area contributed by atoms with Gasteiger partial charge in [0.05, 0.1) is 12.1 Å². The Hall–Kier alpha value is -3.15. The maximum absolute atomic E-state index is 12.3. The van der Waals surface area contributed by atoms with Crippen molar-refractivity contribution < 1.29 is 14.3 Å². The molecule has 1 aliphatic carbocycles. The highest BCUT2D eigenvalue weighted by molar-refractivity contribution is 5.79. The van der Waals surface area contributed by atoms with Crippen molar-refractivity contribution >= 4 is 5.97 Å². The van der Waals surface area contributed by atoms with Crippen molar-refractivity contribution in [1.82, 2.24) is 14.8 Å². The van der Waals surface area contributed by atoms with E-state index in [1.807, 2.05) is 31.6 Å². The van der Waals surface area contributed by atoms with Crippen LogP contribution in [-0.2, 0) is 11.8 Å². The summed E-state index contributed by atoms with van der Waals surface area (Å²) in [6.07, 6.45) is 6.23. The van der Waals surface area contributed by atoms with Gasteiger partial charge < -0.3 is 9.47 Å². The molecule has 0 amide bonds. The molecule has 6 heteroatoms. The second kappa shape index (κ2) is 6.39. The van der Waals surface area contributed by atoms with Crippen LogP contribution in [0.1, 0.15) is 17.9 Å². The maximum atomic E-state index is 12.3. The van der Waals surface area contributed by atoms with Crippen LogP contribution in [0.4, 0.5) is 0 Å². The van der Waals surface area contributed by atoms with Crippen LogP contribution in [0.2, 0.25) is 0 Å². The summed E-state index contributed by atoms with van der Waals surface area (Å²) in [5.74, 6) is 1.59. The van der Waals surface area contributed by atoms with Gasteiger partial charge in [-0.1, -0.05) is 6.07 Å². The number of carbonyl (C=O) groups excluding carboxylic acids is 1. The molecule has 1 aliphatic rings. The molecule has 2 atom stereocenters. The number of hydrogen-bond acceptors (Lipinski definition) is 5. The molecule has 0 N–H and O–H groups in total. The first-order valence-electron chi connectivity index (χ1n) is 8.08. The number of rotatable bonds is 5. The van der Waals surface area contributed by atoms with Gasteiger partial charge in [-0.3, -0.25) is 9.48 Å². The number of pyridine rings is 1. The fourth-order valence-corrected chi connectivity index (χ4v) is 2.75. The molecular formula is C19H17N3O3. The van der Waals surface area contributed by atoms with Crippen LogP contribution in [0, 0.1) is 5.92 Å². The van der Waals surface area contributed by atoms with Crippen LogP contribution in [0.5, 0.6) is 17.4 Å². The number of aryl methyl sites for hydroxylation is 1. The largest absolute Gasteiger partial charge is 0.439 e. The molecule has 126 valence electrons. The van der Waals surface area contributed by atoms with Crippen molar-refractivity contribution in [3.8, 4) is 17.4 Å². The SMILES string of the molecule is Cn1cc(C2CC2C(=O)Oc2ccc(Oc3ccccn3)cc2)cn1. The van der Waals surface area contributed by atoms with E-state index in [0.717, 1.165) is 12.0 Å². The van der Waals surface area contributed by atoms with Crippen molar-refractivity contribution in [2.45, 2.75) is 12.3 Å². The molecule has 25 heavy (non-hydrogen) atoms. The number of benzene rings is 1. The van der Waals surface area contributed by atoms with Gasteiger partial charge in [-0.25, -0.2) is 4.98 Å². The Morgan fingerprint density at radius 2 is 1.96 bits per heavy atom. The standard InChI is InChI=1S/C19H17N3O3/c1-22-12-13(11-21-22)16-10-17(16)19(23)25-15-7-5-14(6-8-15)24-18-4-2-3-9-20-18/h2-9,11-12,16-17H,10H2,1H3. The Morgan fingerprint density at radius 3 is 2.64 bits per heavy atom. The van der Waals surface area contributed by atoms with Gasteiger partial charge in [-0.15, -0.1) is 0 Å². The first-order chi connectivity index (χ1) is 12.2. The fourth-order valence-electron chi connectivity index (χ4n) is 2.75. The summed E-state index contributed by atoms with van der Waals surface area (Å²) in [7, 11) is 1.87. The highest BCUT2D eigenvalue weighted by Gasteiger charge is 2.46. The monoisotopic (exact) mass is 335 g/mol. The summed E-state index contributed by atoms with van der Waals surface area (Å²) in [4.78, 5) is 16.4. The summed E-state index contributed by atoms with van der Waals surface area (Å²) < 4.78 is 12.8. The number of carbonyl (C=O) groups is 1.